The van der Waals surface area contributed by atoms with E-state index < -0.39 is 17.4 Å². The number of anilines is 1. The topological polar surface area (TPSA) is 95.9 Å². The molecule has 4 aromatic carbocycles. The molecule has 0 aliphatic rings. The number of carboxylic acids is 1. The van der Waals surface area contributed by atoms with Gasteiger partial charge in [0, 0.05) is 35.2 Å². The van der Waals surface area contributed by atoms with Crippen LogP contribution < -0.4 is 10.1 Å². The first-order valence-corrected chi connectivity index (χ1v) is 14.8. The van der Waals surface area contributed by atoms with Crippen LogP contribution in [-0.2, 0) is 22.6 Å². The summed E-state index contributed by atoms with van der Waals surface area (Å²) in [5, 5.41) is 13.0. The molecule has 7 heteroatoms. The molecular weight excluding hydrogens is 552 g/mol. The maximum atomic E-state index is 13.2. The Balaban J connectivity index is 1.38. The molecule has 1 atom stereocenters. The van der Waals surface area contributed by atoms with Gasteiger partial charge in [-0.15, -0.1) is 0 Å². The first-order valence-electron chi connectivity index (χ1n) is 14.8. The highest BCUT2D eigenvalue weighted by Gasteiger charge is 2.27. The summed E-state index contributed by atoms with van der Waals surface area (Å²) in [7, 11) is 0. The number of carboxylic acid groups (broad SMARTS) is 1. The van der Waals surface area contributed by atoms with Crippen molar-refractivity contribution in [1.29, 1.82) is 0 Å². The van der Waals surface area contributed by atoms with Gasteiger partial charge in [0.05, 0.1) is 6.54 Å². The molecule has 0 aliphatic heterocycles. The number of carbonyl (C=O) groups excluding carboxylic acids is 2. The molecule has 0 fully saturated rings. The summed E-state index contributed by atoms with van der Waals surface area (Å²) < 4.78 is 5.98. The van der Waals surface area contributed by atoms with Crippen molar-refractivity contribution in [3.05, 3.63) is 131 Å². The van der Waals surface area contributed by atoms with Gasteiger partial charge in [-0.25, -0.2) is 4.79 Å². The molecule has 0 bridgehead atoms. The largest absolute Gasteiger partial charge is 0.492 e. The van der Waals surface area contributed by atoms with Gasteiger partial charge in [-0.05, 0) is 42.3 Å². The van der Waals surface area contributed by atoms with Gasteiger partial charge < -0.3 is 20.1 Å². The molecule has 0 saturated carbocycles. The maximum Gasteiger partial charge on any atom is 0.326 e. The number of hydrogen-bond donors (Lipinski definition) is 2. The second-order valence-corrected chi connectivity index (χ2v) is 11.9. The van der Waals surface area contributed by atoms with Crippen LogP contribution in [0.1, 0.15) is 53.4 Å². The number of hydrogen-bond acceptors (Lipinski definition) is 5. The summed E-state index contributed by atoms with van der Waals surface area (Å²) in [4.78, 5) is 40.3. The number of amides is 1. The molecule has 228 valence electrons. The van der Waals surface area contributed by atoms with Crippen LogP contribution >= 0.6 is 0 Å². The van der Waals surface area contributed by atoms with Gasteiger partial charge in [-0.2, -0.15) is 0 Å². The number of rotatable bonds is 13. The Hall–Kier alpha value is -4.91. The van der Waals surface area contributed by atoms with Crippen molar-refractivity contribution in [2.75, 3.05) is 18.5 Å². The third-order valence-electron chi connectivity index (χ3n) is 7.21. The fraction of sp³-hybridized carbons (Fsp3) is 0.270. The standard InChI is InChI=1S/C37H40N2O5/c1-26-11-10-12-28(23-26)25-39(36(43)37(2,3)4)21-22-44-30-19-17-27(18-20-30)24-33(35(41)42)38-32-16-9-8-15-31(32)34(40)29-13-6-5-7-14-29/h5-20,23,33,38H,21-22,24-25H2,1-4H3,(H,41,42)/t33-/m0/s1. The Labute approximate surface area is 259 Å². The first kappa shape index (κ1) is 32.0. The van der Waals surface area contributed by atoms with E-state index in [1.54, 1.807) is 60.7 Å². The number of ether oxygens (including phenoxy) is 1. The van der Waals surface area contributed by atoms with Crippen molar-refractivity contribution in [2.24, 2.45) is 5.41 Å². The summed E-state index contributed by atoms with van der Waals surface area (Å²) in [6.07, 6.45) is 0.202. The van der Waals surface area contributed by atoms with E-state index in [0.29, 0.717) is 42.3 Å². The number of aryl methyl sites for hydroxylation is 1. The van der Waals surface area contributed by atoms with E-state index in [0.717, 1.165) is 16.7 Å². The third-order valence-corrected chi connectivity index (χ3v) is 7.21. The van der Waals surface area contributed by atoms with Crippen LogP contribution in [0.3, 0.4) is 0 Å². The highest BCUT2D eigenvalue weighted by molar-refractivity contribution is 6.12. The lowest BCUT2D eigenvalue weighted by molar-refractivity contribution is -0.140. The fourth-order valence-electron chi connectivity index (χ4n) is 4.93. The average Bonchev–Trinajstić information content (AvgIpc) is 3.00. The second-order valence-electron chi connectivity index (χ2n) is 11.9. The quantitative estimate of drug-likeness (QED) is 0.166. The van der Waals surface area contributed by atoms with Crippen molar-refractivity contribution in [1.82, 2.24) is 4.90 Å². The van der Waals surface area contributed by atoms with Crippen molar-refractivity contribution in [3.63, 3.8) is 0 Å². The van der Waals surface area contributed by atoms with Crippen molar-refractivity contribution >= 4 is 23.3 Å². The predicted octanol–water partition coefficient (Wildman–Crippen LogP) is 6.79. The number of aliphatic carboxylic acids is 1. The van der Waals surface area contributed by atoms with Crippen LogP contribution in [0.5, 0.6) is 5.75 Å². The molecule has 7 nitrogen and oxygen atoms in total. The van der Waals surface area contributed by atoms with Gasteiger partial charge in [0.25, 0.3) is 0 Å². The molecule has 0 radical (unpaired) electrons. The van der Waals surface area contributed by atoms with E-state index >= 15 is 0 Å². The van der Waals surface area contributed by atoms with Gasteiger partial charge in [-0.1, -0.05) is 105 Å². The SMILES string of the molecule is Cc1cccc(CN(CCOc2ccc(C[C@H](Nc3ccccc3C(=O)c3ccccc3)C(=O)O)cc2)C(=O)C(C)(C)C)c1. The predicted molar refractivity (Wildman–Crippen MR) is 173 cm³/mol. The first-order chi connectivity index (χ1) is 21.0. The van der Waals surface area contributed by atoms with Crippen LogP contribution in [0.15, 0.2) is 103 Å². The van der Waals surface area contributed by atoms with E-state index in [9.17, 15) is 19.5 Å². The normalized spacial score (nSPS) is 11.8. The lowest BCUT2D eigenvalue weighted by Gasteiger charge is -2.29. The number of ketones is 1. The Morgan fingerprint density at radius 2 is 1.52 bits per heavy atom. The van der Waals surface area contributed by atoms with E-state index in [2.05, 4.69) is 11.4 Å². The highest BCUT2D eigenvalue weighted by Crippen LogP contribution is 2.23. The zero-order valence-corrected chi connectivity index (χ0v) is 25.7. The van der Waals surface area contributed by atoms with Gasteiger partial charge >= 0.3 is 5.97 Å². The molecule has 4 aromatic rings. The molecule has 1 amide bonds. The van der Waals surface area contributed by atoms with Crippen LogP contribution in [0.4, 0.5) is 5.69 Å². The Kier molecular flexibility index (Phi) is 10.6. The van der Waals surface area contributed by atoms with Crippen LogP contribution in [0, 0.1) is 12.3 Å². The Morgan fingerprint density at radius 3 is 2.18 bits per heavy atom. The molecule has 44 heavy (non-hydrogen) atoms. The molecule has 0 aromatic heterocycles. The lowest BCUT2D eigenvalue weighted by atomic mass is 9.94. The molecule has 0 unspecified atom stereocenters. The number of nitrogens with zero attached hydrogens (tertiary/aromatic N) is 1. The molecule has 0 aliphatic carbocycles. The minimum Gasteiger partial charge on any atom is -0.492 e. The van der Waals surface area contributed by atoms with E-state index in [-0.39, 0.29) is 18.1 Å². The summed E-state index contributed by atoms with van der Waals surface area (Å²) in [6, 6.07) is 30.3. The van der Waals surface area contributed by atoms with Crippen molar-refractivity contribution < 1.29 is 24.2 Å². The van der Waals surface area contributed by atoms with E-state index in [1.165, 1.54) is 0 Å². The number of para-hydroxylation sites is 1. The smallest absolute Gasteiger partial charge is 0.326 e. The molecule has 0 heterocycles. The van der Waals surface area contributed by atoms with Crippen molar-refractivity contribution in [2.45, 2.75) is 46.7 Å². The molecular formula is C37H40N2O5. The Bertz CT molecular complexity index is 1580. The van der Waals surface area contributed by atoms with Crippen molar-refractivity contribution in [3.8, 4) is 5.75 Å². The minimum absolute atomic E-state index is 0.0530. The van der Waals surface area contributed by atoms with Crippen LogP contribution in [-0.4, -0.2) is 46.9 Å². The van der Waals surface area contributed by atoms with Gasteiger partial charge in [0.2, 0.25) is 5.91 Å². The monoisotopic (exact) mass is 592 g/mol. The minimum atomic E-state index is -1.02. The maximum absolute atomic E-state index is 13.2. The summed E-state index contributed by atoms with van der Waals surface area (Å²) in [5.41, 5.74) is 3.91. The van der Waals surface area contributed by atoms with Gasteiger partial charge in [-0.3, -0.25) is 9.59 Å². The number of benzene rings is 4. The van der Waals surface area contributed by atoms with E-state index in [4.69, 9.17) is 4.74 Å². The highest BCUT2D eigenvalue weighted by atomic mass is 16.5. The number of nitrogens with one attached hydrogen (secondary N) is 1. The fourth-order valence-corrected chi connectivity index (χ4v) is 4.93. The van der Waals surface area contributed by atoms with E-state index in [1.807, 2.05) is 69.0 Å². The average molecular weight is 593 g/mol. The summed E-state index contributed by atoms with van der Waals surface area (Å²) in [6.45, 7) is 9.03. The molecule has 2 N–H and O–H groups in total. The Morgan fingerprint density at radius 1 is 0.841 bits per heavy atom. The van der Waals surface area contributed by atoms with Crippen LogP contribution in [0.25, 0.3) is 0 Å². The molecule has 0 saturated heterocycles. The second kappa shape index (κ2) is 14.5. The lowest BCUT2D eigenvalue weighted by Crippen LogP contribution is -2.41. The van der Waals surface area contributed by atoms with Gasteiger partial charge in [0.1, 0.15) is 18.4 Å². The zero-order chi connectivity index (χ0) is 31.7. The summed E-state index contributed by atoms with van der Waals surface area (Å²) in [5.74, 6) is -0.520. The van der Waals surface area contributed by atoms with Crippen LogP contribution in [0.2, 0.25) is 0 Å². The molecule has 0 spiro atoms. The van der Waals surface area contributed by atoms with Gasteiger partial charge in [0.15, 0.2) is 5.78 Å². The number of carbonyl (C=O) groups is 3. The summed E-state index contributed by atoms with van der Waals surface area (Å²) >= 11 is 0. The molecule has 4 rings (SSSR count). The zero-order valence-electron chi connectivity index (χ0n) is 25.7. The third kappa shape index (κ3) is 8.80.